The molecule has 2 aromatic rings. The molecule has 0 fully saturated rings. The average molecular weight is 332 g/mol. The molecule has 0 saturated carbocycles. The molecule has 0 bridgehead atoms. The molecule has 23 heavy (non-hydrogen) atoms. The van der Waals surface area contributed by atoms with Crippen molar-refractivity contribution in [2.45, 2.75) is 32.1 Å². The lowest BCUT2D eigenvalue weighted by molar-refractivity contribution is 0.310. The minimum absolute atomic E-state index is 0. The van der Waals surface area contributed by atoms with E-state index in [9.17, 15) is 0 Å². The minimum Gasteiger partial charge on any atom is -0.494 e. The first kappa shape index (κ1) is 17.8. The second-order valence-electron chi connectivity index (χ2n) is 6.15. The summed E-state index contributed by atoms with van der Waals surface area (Å²) in [6, 6.07) is 17.2. The molecule has 2 nitrogen and oxygen atoms in total. The summed E-state index contributed by atoms with van der Waals surface area (Å²) in [5, 5.41) is 3.49. The van der Waals surface area contributed by atoms with E-state index in [1.807, 2.05) is 0 Å². The number of aryl methyl sites for hydroxylation is 1. The van der Waals surface area contributed by atoms with Crippen LogP contribution in [-0.4, -0.2) is 19.7 Å². The zero-order chi connectivity index (χ0) is 15.2. The molecule has 0 aromatic heterocycles. The molecular weight excluding hydrogens is 306 g/mol. The van der Waals surface area contributed by atoms with Crippen molar-refractivity contribution in [3.8, 4) is 5.75 Å². The Morgan fingerprint density at radius 1 is 1.13 bits per heavy atom. The summed E-state index contributed by atoms with van der Waals surface area (Å²) in [5.41, 5.74) is 4.30. The molecule has 3 rings (SSSR count). The van der Waals surface area contributed by atoms with E-state index in [0.717, 1.165) is 44.7 Å². The zero-order valence-corrected chi connectivity index (χ0v) is 14.6. The van der Waals surface area contributed by atoms with Crippen LogP contribution in [0.3, 0.4) is 0 Å². The second kappa shape index (κ2) is 8.95. The topological polar surface area (TPSA) is 21.3 Å². The summed E-state index contributed by atoms with van der Waals surface area (Å²) in [6.07, 6.45) is 3.25. The van der Waals surface area contributed by atoms with E-state index in [0.29, 0.717) is 5.92 Å². The van der Waals surface area contributed by atoms with Crippen LogP contribution in [-0.2, 0) is 12.8 Å². The number of nitrogens with one attached hydrogen (secondary N) is 1. The van der Waals surface area contributed by atoms with Crippen LogP contribution in [0.4, 0.5) is 0 Å². The molecule has 124 valence electrons. The van der Waals surface area contributed by atoms with Crippen LogP contribution in [0.25, 0.3) is 0 Å². The maximum atomic E-state index is 5.96. The Morgan fingerprint density at radius 3 is 2.78 bits per heavy atom. The third-order valence-corrected chi connectivity index (χ3v) is 4.39. The summed E-state index contributed by atoms with van der Waals surface area (Å²) < 4.78 is 5.96. The van der Waals surface area contributed by atoms with E-state index in [1.165, 1.54) is 16.7 Å². The Balaban J connectivity index is 0.00000192. The largest absolute Gasteiger partial charge is 0.494 e. The third-order valence-electron chi connectivity index (χ3n) is 4.39. The SMILES string of the molecule is CC1CNCCc2ccc(OCCCc3ccccc3)cc21.Cl. The number of hydrogen-bond acceptors (Lipinski definition) is 2. The lowest BCUT2D eigenvalue weighted by atomic mass is 9.95. The fourth-order valence-corrected chi connectivity index (χ4v) is 3.11. The van der Waals surface area contributed by atoms with Gasteiger partial charge in [-0.25, -0.2) is 0 Å². The van der Waals surface area contributed by atoms with Crippen molar-refractivity contribution in [3.05, 3.63) is 65.2 Å². The van der Waals surface area contributed by atoms with Gasteiger partial charge in [0.25, 0.3) is 0 Å². The summed E-state index contributed by atoms with van der Waals surface area (Å²) >= 11 is 0. The Bertz CT molecular complexity index is 600. The fourth-order valence-electron chi connectivity index (χ4n) is 3.11. The van der Waals surface area contributed by atoms with Gasteiger partial charge in [-0.15, -0.1) is 12.4 Å². The molecule has 1 N–H and O–H groups in total. The van der Waals surface area contributed by atoms with Gasteiger partial charge < -0.3 is 10.1 Å². The summed E-state index contributed by atoms with van der Waals surface area (Å²) in [5.74, 6) is 1.57. The molecule has 1 aliphatic heterocycles. The molecule has 3 heteroatoms. The van der Waals surface area contributed by atoms with Crippen molar-refractivity contribution in [1.82, 2.24) is 5.32 Å². The average Bonchev–Trinajstić information content (AvgIpc) is 2.74. The van der Waals surface area contributed by atoms with Gasteiger partial charge in [0.15, 0.2) is 0 Å². The van der Waals surface area contributed by atoms with Crippen LogP contribution in [0, 0.1) is 0 Å². The van der Waals surface area contributed by atoms with Crippen molar-refractivity contribution in [3.63, 3.8) is 0 Å². The van der Waals surface area contributed by atoms with Crippen LogP contribution < -0.4 is 10.1 Å². The number of benzene rings is 2. The molecule has 0 spiro atoms. The van der Waals surface area contributed by atoms with E-state index in [1.54, 1.807) is 0 Å². The highest BCUT2D eigenvalue weighted by Crippen LogP contribution is 2.26. The highest BCUT2D eigenvalue weighted by Gasteiger charge is 2.15. The van der Waals surface area contributed by atoms with Gasteiger partial charge in [0.2, 0.25) is 0 Å². The van der Waals surface area contributed by atoms with Crippen molar-refractivity contribution in [2.75, 3.05) is 19.7 Å². The second-order valence-corrected chi connectivity index (χ2v) is 6.15. The van der Waals surface area contributed by atoms with Crippen molar-refractivity contribution in [2.24, 2.45) is 0 Å². The summed E-state index contributed by atoms with van der Waals surface area (Å²) in [6.45, 7) is 5.20. The molecule has 2 aromatic carbocycles. The lowest BCUT2D eigenvalue weighted by Gasteiger charge is -2.14. The Hall–Kier alpha value is -1.51. The number of fused-ring (bicyclic) bond motifs is 1. The molecule has 0 radical (unpaired) electrons. The molecule has 0 aliphatic carbocycles. The van der Waals surface area contributed by atoms with E-state index >= 15 is 0 Å². The van der Waals surface area contributed by atoms with Gasteiger partial charge in [0.05, 0.1) is 6.61 Å². The number of halogens is 1. The van der Waals surface area contributed by atoms with E-state index < -0.39 is 0 Å². The molecule has 1 atom stereocenters. The molecular formula is C20H26ClNO. The predicted octanol–water partition coefficient (Wildman–Crippen LogP) is 4.37. The quantitative estimate of drug-likeness (QED) is 0.821. The Morgan fingerprint density at radius 2 is 1.96 bits per heavy atom. The highest BCUT2D eigenvalue weighted by atomic mass is 35.5. The molecule has 1 heterocycles. The molecule has 0 saturated heterocycles. The van der Waals surface area contributed by atoms with Gasteiger partial charge in [-0.05, 0) is 60.5 Å². The summed E-state index contributed by atoms with van der Waals surface area (Å²) in [7, 11) is 0. The monoisotopic (exact) mass is 331 g/mol. The number of ether oxygens (including phenoxy) is 1. The highest BCUT2D eigenvalue weighted by molar-refractivity contribution is 5.85. The van der Waals surface area contributed by atoms with Crippen molar-refractivity contribution < 1.29 is 4.74 Å². The predicted molar refractivity (Wildman–Crippen MR) is 98.9 cm³/mol. The van der Waals surface area contributed by atoms with Gasteiger partial charge in [0.1, 0.15) is 5.75 Å². The molecule has 0 amide bonds. The lowest BCUT2D eigenvalue weighted by Crippen LogP contribution is -2.18. The van der Waals surface area contributed by atoms with Gasteiger partial charge in [-0.2, -0.15) is 0 Å². The first-order chi connectivity index (χ1) is 10.8. The van der Waals surface area contributed by atoms with Gasteiger partial charge in [-0.3, -0.25) is 0 Å². The van der Waals surface area contributed by atoms with Gasteiger partial charge >= 0.3 is 0 Å². The normalized spacial score (nSPS) is 16.8. The van der Waals surface area contributed by atoms with Crippen LogP contribution in [0.5, 0.6) is 5.75 Å². The third kappa shape index (κ3) is 4.98. The van der Waals surface area contributed by atoms with Crippen LogP contribution in [0.1, 0.15) is 36.0 Å². The van der Waals surface area contributed by atoms with Crippen LogP contribution >= 0.6 is 12.4 Å². The maximum absolute atomic E-state index is 5.96. The number of rotatable bonds is 5. The molecule has 1 aliphatic rings. The smallest absolute Gasteiger partial charge is 0.119 e. The van der Waals surface area contributed by atoms with Gasteiger partial charge in [-0.1, -0.05) is 43.3 Å². The number of hydrogen-bond donors (Lipinski definition) is 1. The summed E-state index contributed by atoms with van der Waals surface area (Å²) in [4.78, 5) is 0. The van der Waals surface area contributed by atoms with Crippen LogP contribution in [0.2, 0.25) is 0 Å². The van der Waals surface area contributed by atoms with E-state index in [2.05, 4.69) is 60.8 Å². The molecule has 1 unspecified atom stereocenters. The van der Waals surface area contributed by atoms with Crippen molar-refractivity contribution in [1.29, 1.82) is 0 Å². The Labute approximate surface area is 145 Å². The van der Waals surface area contributed by atoms with Crippen molar-refractivity contribution >= 4 is 12.4 Å². The maximum Gasteiger partial charge on any atom is 0.119 e. The van der Waals surface area contributed by atoms with E-state index in [-0.39, 0.29) is 12.4 Å². The first-order valence-corrected chi connectivity index (χ1v) is 8.33. The van der Waals surface area contributed by atoms with Gasteiger partial charge in [0, 0.05) is 6.54 Å². The zero-order valence-electron chi connectivity index (χ0n) is 13.8. The van der Waals surface area contributed by atoms with Crippen LogP contribution in [0.15, 0.2) is 48.5 Å². The minimum atomic E-state index is 0. The fraction of sp³-hybridized carbons (Fsp3) is 0.400. The Kier molecular flexibility index (Phi) is 6.94. The standard InChI is InChI=1S/C20H25NO.ClH/c1-16-15-21-12-11-18-9-10-19(14-20(16)18)22-13-5-8-17-6-3-2-4-7-17;/h2-4,6-7,9-10,14,16,21H,5,8,11-13,15H2,1H3;1H. The van der Waals surface area contributed by atoms with E-state index in [4.69, 9.17) is 4.74 Å². The first-order valence-electron chi connectivity index (χ1n) is 8.33.